The molecule has 4 nitrogen and oxygen atoms in total. The van der Waals surface area contributed by atoms with E-state index in [-0.39, 0.29) is 11.6 Å². The van der Waals surface area contributed by atoms with Crippen molar-refractivity contribution in [2.75, 3.05) is 0 Å². The fraction of sp³-hybridized carbons (Fsp3) is 0.455. The number of nitrogens with zero attached hydrogens (tertiary/aromatic N) is 1. The van der Waals surface area contributed by atoms with E-state index in [4.69, 9.17) is 4.98 Å². The van der Waals surface area contributed by atoms with Crippen molar-refractivity contribution in [2.24, 2.45) is 5.92 Å². The number of aromatic amines is 1. The summed E-state index contributed by atoms with van der Waals surface area (Å²) >= 11 is 1.69. The third-order valence-corrected chi connectivity index (χ3v) is 6.51. The number of nitrogens with one attached hydrogen (secondary N) is 2. The summed E-state index contributed by atoms with van der Waals surface area (Å²) in [4.78, 5) is 22.5. The van der Waals surface area contributed by atoms with Crippen LogP contribution in [0, 0.1) is 5.92 Å². The van der Waals surface area contributed by atoms with Gasteiger partial charge in [-0.05, 0) is 55.2 Å². The molecule has 5 heteroatoms. The summed E-state index contributed by atoms with van der Waals surface area (Å²) in [7, 11) is 0. The van der Waals surface area contributed by atoms with Gasteiger partial charge in [-0.25, -0.2) is 4.98 Å². The summed E-state index contributed by atoms with van der Waals surface area (Å²) in [5.41, 5.74) is 3.88. The molecule has 1 atom stereocenters. The van der Waals surface area contributed by atoms with Gasteiger partial charge in [0.05, 0.1) is 11.9 Å². The van der Waals surface area contributed by atoms with E-state index in [1.54, 1.807) is 11.3 Å². The normalized spacial score (nSPS) is 14.8. The summed E-state index contributed by atoms with van der Waals surface area (Å²) in [6.07, 6.45) is 4.38. The molecule has 0 fully saturated rings. The predicted octanol–water partition coefficient (Wildman–Crippen LogP) is 4.52. The van der Waals surface area contributed by atoms with Gasteiger partial charge in [0.25, 0.3) is 5.56 Å². The van der Waals surface area contributed by atoms with Crippen molar-refractivity contribution in [2.45, 2.75) is 59.0 Å². The van der Waals surface area contributed by atoms with Crippen LogP contribution in [-0.2, 0) is 25.8 Å². The van der Waals surface area contributed by atoms with Crippen molar-refractivity contribution in [1.29, 1.82) is 0 Å². The van der Waals surface area contributed by atoms with Crippen LogP contribution in [0.3, 0.4) is 0 Å². The van der Waals surface area contributed by atoms with Crippen molar-refractivity contribution in [3.8, 4) is 0 Å². The minimum atomic E-state index is 0.0156. The standard InChI is InChI=1S/C22H27N3OS/c1-13(2)11-15-7-9-16(10-8-15)14(3)23-12-19-24-21(26)20-17-5-4-6-18(17)27-22(20)25-19/h7-10,13-14,23H,4-6,11-12H2,1-3H3,(H,24,25,26)/t14-/m0/s1. The van der Waals surface area contributed by atoms with E-state index in [1.807, 2.05) is 0 Å². The topological polar surface area (TPSA) is 57.8 Å². The molecule has 3 aromatic rings. The fourth-order valence-electron chi connectivity index (χ4n) is 3.91. The Morgan fingerprint density at radius 3 is 2.70 bits per heavy atom. The maximum absolute atomic E-state index is 12.5. The van der Waals surface area contributed by atoms with Gasteiger partial charge in [-0.15, -0.1) is 11.3 Å². The summed E-state index contributed by atoms with van der Waals surface area (Å²) < 4.78 is 0. The van der Waals surface area contributed by atoms with E-state index in [0.29, 0.717) is 12.5 Å². The molecule has 0 unspecified atom stereocenters. The number of aryl methyl sites for hydroxylation is 2. The average Bonchev–Trinajstić information content (AvgIpc) is 3.20. The lowest BCUT2D eigenvalue weighted by Gasteiger charge is -2.15. The Balaban J connectivity index is 1.46. The Morgan fingerprint density at radius 1 is 1.19 bits per heavy atom. The van der Waals surface area contributed by atoms with E-state index in [2.05, 4.69) is 55.3 Å². The molecule has 0 bridgehead atoms. The Bertz CT molecular complexity index is 1000. The average molecular weight is 382 g/mol. The number of rotatable bonds is 6. The Kier molecular flexibility index (Phi) is 5.15. The molecule has 0 saturated heterocycles. The number of thiophene rings is 1. The van der Waals surface area contributed by atoms with Crippen LogP contribution in [0.1, 0.15) is 60.6 Å². The molecular formula is C22H27N3OS. The highest BCUT2D eigenvalue weighted by Gasteiger charge is 2.21. The summed E-state index contributed by atoms with van der Waals surface area (Å²) in [6.45, 7) is 7.19. The molecule has 27 heavy (non-hydrogen) atoms. The zero-order chi connectivity index (χ0) is 19.0. The first-order valence-electron chi connectivity index (χ1n) is 9.87. The molecule has 1 aliphatic carbocycles. The van der Waals surface area contributed by atoms with Crippen LogP contribution in [0.2, 0.25) is 0 Å². The first-order valence-corrected chi connectivity index (χ1v) is 10.7. The summed E-state index contributed by atoms with van der Waals surface area (Å²) in [5, 5.41) is 4.31. The number of H-pyrrole nitrogens is 1. The van der Waals surface area contributed by atoms with Gasteiger partial charge in [0, 0.05) is 10.9 Å². The molecule has 1 aromatic carbocycles. The first kappa shape index (κ1) is 18.4. The lowest BCUT2D eigenvalue weighted by molar-refractivity contribution is 0.559. The molecule has 2 heterocycles. The van der Waals surface area contributed by atoms with Gasteiger partial charge in [0.15, 0.2) is 0 Å². The maximum atomic E-state index is 12.5. The van der Waals surface area contributed by atoms with Gasteiger partial charge in [-0.1, -0.05) is 38.1 Å². The molecule has 0 radical (unpaired) electrons. The minimum absolute atomic E-state index is 0.0156. The van der Waals surface area contributed by atoms with Crippen molar-refractivity contribution in [3.63, 3.8) is 0 Å². The quantitative estimate of drug-likeness (QED) is 0.660. The Hall–Kier alpha value is -1.98. The number of hydrogen-bond donors (Lipinski definition) is 2. The minimum Gasteiger partial charge on any atom is -0.309 e. The molecule has 0 aliphatic heterocycles. The van der Waals surface area contributed by atoms with Crippen molar-refractivity contribution in [1.82, 2.24) is 15.3 Å². The molecule has 2 N–H and O–H groups in total. The second-order valence-corrected chi connectivity index (χ2v) is 9.08. The third kappa shape index (κ3) is 3.85. The lowest BCUT2D eigenvalue weighted by atomic mass is 10.00. The van der Waals surface area contributed by atoms with Gasteiger partial charge in [-0.2, -0.15) is 0 Å². The molecule has 0 spiro atoms. The van der Waals surface area contributed by atoms with E-state index in [9.17, 15) is 4.79 Å². The van der Waals surface area contributed by atoms with Crippen LogP contribution in [0.4, 0.5) is 0 Å². The van der Waals surface area contributed by atoms with Gasteiger partial charge in [0.2, 0.25) is 0 Å². The van der Waals surface area contributed by atoms with Crippen LogP contribution in [0.5, 0.6) is 0 Å². The van der Waals surface area contributed by atoms with Crippen LogP contribution in [0.15, 0.2) is 29.1 Å². The number of fused-ring (bicyclic) bond motifs is 3. The smallest absolute Gasteiger partial charge is 0.259 e. The highest BCUT2D eigenvalue weighted by Crippen LogP contribution is 2.34. The Morgan fingerprint density at radius 2 is 1.96 bits per heavy atom. The maximum Gasteiger partial charge on any atom is 0.259 e. The molecule has 4 rings (SSSR count). The molecule has 0 amide bonds. The van der Waals surface area contributed by atoms with E-state index in [0.717, 1.165) is 41.7 Å². The van der Waals surface area contributed by atoms with Gasteiger partial charge >= 0.3 is 0 Å². The summed E-state index contributed by atoms with van der Waals surface area (Å²) in [5.74, 6) is 1.39. The van der Waals surface area contributed by atoms with Gasteiger partial charge < -0.3 is 10.3 Å². The van der Waals surface area contributed by atoms with Crippen molar-refractivity contribution in [3.05, 3.63) is 62.0 Å². The number of aromatic nitrogens is 2. The molecule has 142 valence electrons. The second kappa shape index (κ2) is 7.56. The van der Waals surface area contributed by atoms with Crippen LogP contribution < -0.4 is 10.9 Å². The second-order valence-electron chi connectivity index (χ2n) is 7.99. The molecule has 0 saturated carbocycles. The van der Waals surface area contributed by atoms with Crippen molar-refractivity contribution < 1.29 is 0 Å². The molecule has 1 aliphatic rings. The lowest BCUT2D eigenvalue weighted by Crippen LogP contribution is -2.22. The van der Waals surface area contributed by atoms with E-state index >= 15 is 0 Å². The third-order valence-electron chi connectivity index (χ3n) is 5.32. The molecular weight excluding hydrogens is 354 g/mol. The van der Waals surface area contributed by atoms with Crippen molar-refractivity contribution >= 4 is 21.6 Å². The van der Waals surface area contributed by atoms with Crippen LogP contribution >= 0.6 is 11.3 Å². The monoisotopic (exact) mass is 381 g/mol. The zero-order valence-electron chi connectivity index (χ0n) is 16.3. The highest BCUT2D eigenvalue weighted by molar-refractivity contribution is 7.18. The number of benzene rings is 1. The number of hydrogen-bond acceptors (Lipinski definition) is 4. The van der Waals surface area contributed by atoms with E-state index < -0.39 is 0 Å². The van der Waals surface area contributed by atoms with E-state index in [1.165, 1.54) is 21.6 Å². The van der Waals surface area contributed by atoms with Crippen LogP contribution in [-0.4, -0.2) is 9.97 Å². The fourth-order valence-corrected chi connectivity index (χ4v) is 5.19. The largest absolute Gasteiger partial charge is 0.309 e. The first-order chi connectivity index (χ1) is 13.0. The van der Waals surface area contributed by atoms with Crippen LogP contribution in [0.25, 0.3) is 10.2 Å². The highest BCUT2D eigenvalue weighted by atomic mass is 32.1. The predicted molar refractivity (Wildman–Crippen MR) is 113 cm³/mol. The molecule has 2 aromatic heterocycles. The van der Waals surface area contributed by atoms with Gasteiger partial charge in [-0.3, -0.25) is 4.79 Å². The van der Waals surface area contributed by atoms with Gasteiger partial charge in [0.1, 0.15) is 10.7 Å². The summed E-state index contributed by atoms with van der Waals surface area (Å²) in [6, 6.07) is 9.02. The zero-order valence-corrected chi connectivity index (χ0v) is 17.1. The Labute approximate surface area is 164 Å². The SMILES string of the molecule is CC(C)Cc1ccc([C@H](C)NCc2nc3sc4c(c3c(=O)[nH]2)CCC4)cc1.